The van der Waals surface area contributed by atoms with E-state index in [9.17, 15) is 0 Å². The fourth-order valence-electron chi connectivity index (χ4n) is 2.26. The molecule has 96 valence electrons. The smallest absolute Gasteiger partial charge is 0.100 e. The number of hydrogen-bond acceptors (Lipinski definition) is 2. The predicted molar refractivity (Wildman–Crippen MR) is 78.5 cm³/mol. The van der Waals surface area contributed by atoms with E-state index in [-0.39, 0.29) is 0 Å². The van der Waals surface area contributed by atoms with Gasteiger partial charge in [-0.05, 0) is 43.8 Å². The number of imidazole rings is 1. The number of nitrogens with one attached hydrogen (secondary N) is 1. The van der Waals surface area contributed by atoms with Gasteiger partial charge in [-0.3, -0.25) is 4.57 Å². The Morgan fingerprint density at radius 2 is 1.79 bits per heavy atom. The van der Waals surface area contributed by atoms with Gasteiger partial charge in [-0.2, -0.15) is 0 Å². The summed E-state index contributed by atoms with van der Waals surface area (Å²) in [4.78, 5) is 4.42. The summed E-state index contributed by atoms with van der Waals surface area (Å²) in [5.41, 5.74) is 4.59. The minimum absolute atomic E-state index is 0.369. The first-order valence-corrected chi connectivity index (χ1v) is 6.49. The van der Waals surface area contributed by atoms with Crippen LogP contribution in [0.5, 0.6) is 0 Å². The van der Waals surface area contributed by atoms with Gasteiger partial charge in [-0.1, -0.05) is 24.3 Å². The van der Waals surface area contributed by atoms with Crippen molar-refractivity contribution >= 4 is 11.0 Å². The lowest BCUT2D eigenvalue weighted by Gasteiger charge is -2.11. The molecule has 0 amide bonds. The number of fused-ring (bicyclic) bond motifs is 1. The minimum Gasteiger partial charge on any atom is -0.313 e. The van der Waals surface area contributed by atoms with E-state index in [2.05, 4.69) is 52.1 Å². The van der Waals surface area contributed by atoms with E-state index in [0.29, 0.717) is 6.04 Å². The average molecular weight is 251 g/mol. The van der Waals surface area contributed by atoms with E-state index in [1.807, 2.05) is 31.6 Å². The van der Waals surface area contributed by atoms with Gasteiger partial charge in [0.1, 0.15) is 6.33 Å². The standard InChI is InChI=1S/C16H17N3/c1-12(17-2)13-7-9-14(10-8-13)19-11-18-15-5-3-4-6-16(15)19/h3-12,17H,1-2H3/t12-/m1/s1. The molecule has 3 aromatic rings. The second kappa shape index (κ2) is 4.86. The van der Waals surface area contributed by atoms with Gasteiger partial charge in [0.25, 0.3) is 0 Å². The van der Waals surface area contributed by atoms with Crippen LogP contribution in [-0.2, 0) is 0 Å². The van der Waals surface area contributed by atoms with E-state index in [4.69, 9.17) is 0 Å². The molecule has 0 aliphatic heterocycles. The highest BCUT2D eigenvalue weighted by atomic mass is 15.0. The highest BCUT2D eigenvalue weighted by molar-refractivity contribution is 5.77. The van der Waals surface area contributed by atoms with Crippen molar-refractivity contribution in [3.8, 4) is 5.69 Å². The monoisotopic (exact) mass is 251 g/mol. The van der Waals surface area contributed by atoms with Crippen molar-refractivity contribution < 1.29 is 0 Å². The molecule has 0 saturated carbocycles. The van der Waals surface area contributed by atoms with Gasteiger partial charge in [-0.15, -0.1) is 0 Å². The summed E-state index contributed by atoms with van der Waals surface area (Å²) in [7, 11) is 1.97. The van der Waals surface area contributed by atoms with Crippen LogP contribution in [0, 0.1) is 0 Å². The highest BCUT2D eigenvalue weighted by Gasteiger charge is 2.05. The summed E-state index contributed by atoms with van der Waals surface area (Å²) in [5.74, 6) is 0. The predicted octanol–water partition coefficient (Wildman–Crippen LogP) is 3.31. The summed E-state index contributed by atoms with van der Waals surface area (Å²) >= 11 is 0. The Balaban J connectivity index is 2.02. The third-order valence-corrected chi connectivity index (χ3v) is 3.56. The van der Waals surface area contributed by atoms with Crippen LogP contribution < -0.4 is 5.32 Å². The van der Waals surface area contributed by atoms with Crippen LogP contribution in [0.4, 0.5) is 0 Å². The quantitative estimate of drug-likeness (QED) is 0.774. The lowest BCUT2D eigenvalue weighted by Crippen LogP contribution is -2.12. The normalized spacial score (nSPS) is 12.7. The Morgan fingerprint density at radius 3 is 2.53 bits per heavy atom. The molecule has 2 aromatic carbocycles. The number of aromatic nitrogens is 2. The molecule has 1 heterocycles. The molecule has 0 unspecified atom stereocenters. The van der Waals surface area contributed by atoms with Crippen LogP contribution in [0.15, 0.2) is 54.9 Å². The maximum atomic E-state index is 4.42. The van der Waals surface area contributed by atoms with Gasteiger partial charge in [-0.25, -0.2) is 4.98 Å². The lowest BCUT2D eigenvalue weighted by atomic mass is 10.1. The van der Waals surface area contributed by atoms with E-state index >= 15 is 0 Å². The van der Waals surface area contributed by atoms with Crippen molar-refractivity contribution in [2.75, 3.05) is 7.05 Å². The van der Waals surface area contributed by atoms with Gasteiger partial charge >= 0.3 is 0 Å². The van der Waals surface area contributed by atoms with Crippen molar-refractivity contribution in [1.29, 1.82) is 0 Å². The molecule has 1 atom stereocenters. The third-order valence-electron chi connectivity index (χ3n) is 3.56. The fourth-order valence-corrected chi connectivity index (χ4v) is 2.26. The van der Waals surface area contributed by atoms with Crippen LogP contribution in [0.1, 0.15) is 18.5 Å². The molecule has 19 heavy (non-hydrogen) atoms. The van der Waals surface area contributed by atoms with Gasteiger partial charge in [0, 0.05) is 11.7 Å². The molecule has 0 saturated heterocycles. The molecule has 0 fully saturated rings. The summed E-state index contributed by atoms with van der Waals surface area (Å²) in [6.45, 7) is 2.15. The summed E-state index contributed by atoms with van der Waals surface area (Å²) in [6, 6.07) is 17.1. The van der Waals surface area contributed by atoms with Crippen molar-refractivity contribution in [2.45, 2.75) is 13.0 Å². The zero-order valence-electron chi connectivity index (χ0n) is 11.2. The van der Waals surface area contributed by atoms with E-state index in [1.165, 1.54) is 5.56 Å². The SMILES string of the molecule is CN[C@H](C)c1ccc(-n2cnc3ccccc32)cc1. The number of para-hydroxylation sites is 2. The molecule has 3 heteroatoms. The minimum atomic E-state index is 0.369. The Bertz CT molecular complexity index is 683. The van der Waals surface area contributed by atoms with Crippen LogP contribution >= 0.6 is 0 Å². The Kier molecular flexibility index (Phi) is 3.05. The van der Waals surface area contributed by atoms with Crippen molar-refractivity contribution in [3.63, 3.8) is 0 Å². The molecule has 0 aliphatic carbocycles. The second-order valence-electron chi connectivity index (χ2n) is 4.71. The zero-order valence-corrected chi connectivity index (χ0v) is 11.2. The Hall–Kier alpha value is -2.13. The first-order valence-electron chi connectivity index (χ1n) is 6.49. The van der Waals surface area contributed by atoms with E-state index < -0.39 is 0 Å². The van der Waals surface area contributed by atoms with Crippen LogP contribution in [-0.4, -0.2) is 16.6 Å². The molecule has 3 rings (SSSR count). The maximum Gasteiger partial charge on any atom is 0.100 e. The Labute approximate surface area is 112 Å². The van der Waals surface area contributed by atoms with Crippen molar-refractivity contribution in [1.82, 2.24) is 14.9 Å². The van der Waals surface area contributed by atoms with E-state index in [1.54, 1.807) is 0 Å². The maximum absolute atomic E-state index is 4.42. The third kappa shape index (κ3) is 2.13. The lowest BCUT2D eigenvalue weighted by molar-refractivity contribution is 0.652. The molecule has 0 bridgehead atoms. The molecule has 3 nitrogen and oxygen atoms in total. The van der Waals surface area contributed by atoms with Crippen LogP contribution in [0.2, 0.25) is 0 Å². The number of benzene rings is 2. The number of nitrogens with zero attached hydrogens (tertiary/aromatic N) is 2. The van der Waals surface area contributed by atoms with Crippen molar-refractivity contribution in [3.05, 3.63) is 60.4 Å². The number of hydrogen-bond donors (Lipinski definition) is 1. The highest BCUT2D eigenvalue weighted by Crippen LogP contribution is 2.20. The van der Waals surface area contributed by atoms with Crippen LogP contribution in [0.25, 0.3) is 16.7 Å². The molecular weight excluding hydrogens is 234 g/mol. The summed E-state index contributed by atoms with van der Waals surface area (Å²) in [5, 5.41) is 3.25. The van der Waals surface area contributed by atoms with Gasteiger partial charge in [0.05, 0.1) is 11.0 Å². The van der Waals surface area contributed by atoms with Gasteiger partial charge in [0.15, 0.2) is 0 Å². The average Bonchev–Trinajstić information content (AvgIpc) is 2.90. The van der Waals surface area contributed by atoms with Crippen LogP contribution in [0.3, 0.4) is 0 Å². The largest absolute Gasteiger partial charge is 0.313 e. The topological polar surface area (TPSA) is 29.9 Å². The zero-order chi connectivity index (χ0) is 13.2. The molecule has 1 aromatic heterocycles. The molecule has 0 radical (unpaired) electrons. The van der Waals surface area contributed by atoms with E-state index in [0.717, 1.165) is 16.7 Å². The summed E-state index contributed by atoms with van der Waals surface area (Å²) < 4.78 is 2.11. The first kappa shape index (κ1) is 11.9. The number of rotatable bonds is 3. The molecule has 1 N–H and O–H groups in total. The Morgan fingerprint density at radius 1 is 1.05 bits per heavy atom. The molecular formula is C16H17N3. The van der Waals surface area contributed by atoms with Gasteiger partial charge in [0.2, 0.25) is 0 Å². The summed E-state index contributed by atoms with van der Waals surface area (Å²) in [6.07, 6.45) is 1.88. The second-order valence-corrected chi connectivity index (χ2v) is 4.71. The van der Waals surface area contributed by atoms with Crippen molar-refractivity contribution in [2.24, 2.45) is 0 Å². The first-order chi connectivity index (χ1) is 9.29. The molecule has 0 spiro atoms. The fraction of sp³-hybridized carbons (Fsp3) is 0.188. The molecule has 0 aliphatic rings. The van der Waals surface area contributed by atoms with Gasteiger partial charge < -0.3 is 5.32 Å².